The van der Waals surface area contributed by atoms with E-state index in [1.165, 1.54) is 19.3 Å². The summed E-state index contributed by atoms with van der Waals surface area (Å²) in [6, 6.07) is 0.0567. The first-order valence-corrected chi connectivity index (χ1v) is 9.27. The molecule has 0 radical (unpaired) electrons. The molecule has 0 aromatic carbocycles. The SMILES string of the molecule is COCCOC1CCN(C(=O)[C@H](C(C)C)N2CCCCC2)CC1. The average Bonchev–Trinajstić information content (AvgIpc) is 2.56. The van der Waals surface area contributed by atoms with Gasteiger partial charge in [0.1, 0.15) is 0 Å². The van der Waals surface area contributed by atoms with Crippen LogP contribution in [-0.2, 0) is 14.3 Å². The standard InChI is InChI=1S/C18H34N2O3/c1-15(2)17(19-9-5-4-6-10-19)18(21)20-11-7-16(8-12-20)23-14-13-22-3/h15-17H,4-14H2,1-3H3/t17-/m0/s1. The Bertz CT molecular complexity index is 348. The molecule has 1 atom stereocenters. The molecule has 2 aliphatic rings. The Morgan fingerprint density at radius 1 is 1.04 bits per heavy atom. The van der Waals surface area contributed by atoms with E-state index in [0.29, 0.717) is 25.0 Å². The molecule has 2 aliphatic heterocycles. The van der Waals surface area contributed by atoms with Crippen LogP contribution in [0.5, 0.6) is 0 Å². The normalized spacial score (nSPS) is 22.5. The first kappa shape index (κ1) is 18.7. The highest BCUT2D eigenvalue weighted by Crippen LogP contribution is 2.22. The molecule has 134 valence electrons. The van der Waals surface area contributed by atoms with E-state index < -0.39 is 0 Å². The molecule has 5 heteroatoms. The van der Waals surface area contributed by atoms with Crippen molar-refractivity contribution in [2.75, 3.05) is 46.5 Å². The molecule has 0 spiro atoms. The third-order valence-corrected chi connectivity index (χ3v) is 5.06. The molecule has 23 heavy (non-hydrogen) atoms. The lowest BCUT2D eigenvalue weighted by molar-refractivity contribution is -0.142. The highest BCUT2D eigenvalue weighted by molar-refractivity contribution is 5.82. The van der Waals surface area contributed by atoms with E-state index >= 15 is 0 Å². The minimum atomic E-state index is 0.0567. The molecule has 0 bridgehead atoms. The van der Waals surface area contributed by atoms with E-state index in [2.05, 4.69) is 23.6 Å². The van der Waals surface area contributed by atoms with Crippen LogP contribution < -0.4 is 0 Å². The fourth-order valence-electron chi connectivity index (χ4n) is 3.79. The predicted octanol–water partition coefficient (Wildman–Crippen LogP) is 2.15. The number of rotatable bonds is 7. The molecule has 2 rings (SSSR count). The van der Waals surface area contributed by atoms with Crippen molar-refractivity contribution in [1.29, 1.82) is 0 Å². The maximum absolute atomic E-state index is 13.0. The number of amides is 1. The summed E-state index contributed by atoms with van der Waals surface area (Å²) in [6.45, 7) is 9.45. The van der Waals surface area contributed by atoms with Crippen molar-refractivity contribution in [3.05, 3.63) is 0 Å². The molecule has 0 unspecified atom stereocenters. The van der Waals surface area contributed by atoms with Gasteiger partial charge >= 0.3 is 0 Å². The molecular weight excluding hydrogens is 292 g/mol. The molecule has 2 heterocycles. The van der Waals surface area contributed by atoms with Crippen LogP contribution in [0.2, 0.25) is 0 Å². The number of methoxy groups -OCH3 is 1. The van der Waals surface area contributed by atoms with Crippen LogP contribution in [0, 0.1) is 5.92 Å². The van der Waals surface area contributed by atoms with E-state index in [4.69, 9.17) is 9.47 Å². The zero-order chi connectivity index (χ0) is 16.7. The number of carbonyl (C=O) groups excluding carboxylic acids is 1. The topological polar surface area (TPSA) is 42.0 Å². The van der Waals surface area contributed by atoms with Crippen LogP contribution in [0.1, 0.15) is 46.0 Å². The van der Waals surface area contributed by atoms with Gasteiger partial charge in [0.25, 0.3) is 0 Å². The van der Waals surface area contributed by atoms with Crippen molar-refractivity contribution in [2.24, 2.45) is 5.92 Å². The number of ether oxygens (including phenoxy) is 2. The van der Waals surface area contributed by atoms with Crippen molar-refractivity contribution >= 4 is 5.91 Å². The summed E-state index contributed by atoms with van der Waals surface area (Å²) in [5, 5.41) is 0. The largest absolute Gasteiger partial charge is 0.382 e. The predicted molar refractivity (Wildman–Crippen MR) is 91.5 cm³/mol. The molecule has 0 aromatic rings. The Morgan fingerprint density at radius 3 is 2.26 bits per heavy atom. The number of piperidine rings is 2. The minimum Gasteiger partial charge on any atom is -0.382 e. The van der Waals surface area contributed by atoms with Gasteiger partial charge in [-0.05, 0) is 44.7 Å². The molecular formula is C18H34N2O3. The summed E-state index contributed by atoms with van der Waals surface area (Å²) in [5.74, 6) is 0.702. The molecule has 0 N–H and O–H groups in total. The molecule has 0 aliphatic carbocycles. The zero-order valence-electron chi connectivity index (χ0n) is 15.1. The number of hydrogen-bond acceptors (Lipinski definition) is 4. The van der Waals surface area contributed by atoms with Gasteiger partial charge in [0.05, 0.1) is 25.4 Å². The summed E-state index contributed by atoms with van der Waals surface area (Å²) in [6.07, 6.45) is 5.93. The van der Waals surface area contributed by atoms with Gasteiger partial charge in [-0.15, -0.1) is 0 Å². The van der Waals surface area contributed by atoms with E-state index in [0.717, 1.165) is 39.0 Å². The number of likely N-dealkylation sites (tertiary alicyclic amines) is 2. The van der Waals surface area contributed by atoms with E-state index in [-0.39, 0.29) is 12.1 Å². The zero-order valence-corrected chi connectivity index (χ0v) is 15.1. The number of nitrogens with zero attached hydrogens (tertiary/aromatic N) is 2. The Kier molecular flexibility index (Phi) is 7.80. The summed E-state index contributed by atoms with van der Waals surface area (Å²) in [5.41, 5.74) is 0. The fourth-order valence-corrected chi connectivity index (χ4v) is 3.79. The smallest absolute Gasteiger partial charge is 0.240 e. The van der Waals surface area contributed by atoms with Gasteiger partial charge < -0.3 is 14.4 Å². The van der Waals surface area contributed by atoms with E-state index in [1.807, 2.05) is 0 Å². The van der Waals surface area contributed by atoms with Gasteiger partial charge in [-0.25, -0.2) is 0 Å². The van der Waals surface area contributed by atoms with Crippen LogP contribution in [-0.4, -0.2) is 74.4 Å². The molecule has 0 saturated carbocycles. The quantitative estimate of drug-likeness (QED) is 0.672. The fraction of sp³-hybridized carbons (Fsp3) is 0.944. The summed E-state index contributed by atoms with van der Waals surface area (Å²) in [4.78, 5) is 17.5. The van der Waals surface area contributed by atoms with Crippen LogP contribution in [0.25, 0.3) is 0 Å². The lowest BCUT2D eigenvalue weighted by Crippen LogP contribution is -2.54. The maximum atomic E-state index is 13.0. The molecule has 2 fully saturated rings. The lowest BCUT2D eigenvalue weighted by Gasteiger charge is -2.40. The van der Waals surface area contributed by atoms with Crippen molar-refractivity contribution in [2.45, 2.75) is 58.1 Å². The summed E-state index contributed by atoms with van der Waals surface area (Å²) >= 11 is 0. The number of hydrogen-bond donors (Lipinski definition) is 0. The molecule has 1 amide bonds. The van der Waals surface area contributed by atoms with Gasteiger partial charge in [0, 0.05) is 20.2 Å². The van der Waals surface area contributed by atoms with Gasteiger partial charge in [-0.2, -0.15) is 0 Å². The highest BCUT2D eigenvalue weighted by Gasteiger charge is 2.34. The van der Waals surface area contributed by atoms with Crippen molar-refractivity contribution in [3.8, 4) is 0 Å². The Labute approximate surface area is 141 Å². The van der Waals surface area contributed by atoms with Gasteiger partial charge in [-0.1, -0.05) is 20.3 Å². The van der Waals surface area contributed by atoms with Gasteiger partial charge in [0.15, 0.2) is 0 Å². The second kappa shape index (κ2) is 9.60. The third-order valence-electron chi connectivity index (χ3n) is 5.06. The van der Waals surface area contributed by atoms with Crippen molar-refractivity contribution < 1.29 is 14.3 Å². The lowest BCUT2D eigenvalue weighted by atomic mass is 9.96. The highest BCUT2D eigenvalue weighted by atomic mass is 16.5. The van der Waals surface area contributed by atoms with E-state index in [9.17, 15) is 4.79 Å². The van der Waals surface area contributed by atoms with Crippen molar-refractivity contribution in [1.82, 2.24) is 9.80 Å². The Hall–Kier alpha value is -0.650. The van der Waals surface area contributed by atoms with E-state index in [1.54, 1.807) is 7.11 Å². The molecule has 2 saturated heterocycles. The molecule has 0 aromatic heterocycles. The van der Waals surface area contributed by atoms with Gasteiger partial charge in [-0.3, -0.25) is 9.69 Å². The van der Waals surface area contributed by atoms with Crippen LogP contribution in [0.4, 0.5) is 0 Å². The maximum Gasteiger partial charge on any atom is 0.240 e. The van der Waals surface area contributed by atoms with Crippen LogP contribution in [0.3, 0.4) is 0 Å². The second-order valence-electron chi connectivity index (χ2n) is 7.17. The Balaban J connectivity index is 1.84. The first-order chi connectivity index (χ1) is 11.1. The summed E-state index contributed by atoms with van der Waals surface area (Å²) < 4.78 is 10.8. The molecule has 5 nitrogen and oxygen atoms in total. The average molecular weight is 326 g/mol. The second-order valence-corrected chi connectivity index (χ2v) is 7.17. The minimum absolute atomic E-state index is 0.0567. The third kappa shape index (κ3) is 5.44. The first-order valence-electron chi connectivity index (χ1n) is 9.27. The van der Waals surface area contributed by atoms with Crippen molar-refractivity contribution in [3.63, 3.8) is 0 Å². The van der Waals surface area contributed by atoms with Crippen LogP contribution >= 0.6 is 0 Å². The monoisotopic (exact) mass is 326 g/mol. The van der Waals surface area contributed by atoms with Gasteiger partial charge in [0.2, 0.25) is 5.91 Å². The Morgan fingerprint density at radius 2 is 1.70 bits per heavy atom. The van der Waals surface area contributed by atoms with Crippen LogP contribution in [0.15, 0.2) is 0 Å². The summed E-state index contributed by atoms with van der Waals surface area (Å²) in [7, 11) is 1.69. The number of carbonyl (C=O) groups is 1.